The van der Waals surface area contributed by atoms with E-state index >= 15 is 0 Å². The minimum absolute atomic E-state index is 0.393. The largest absolute Gasteiger partial charge is 0.496 e. The predicted molar refractivity (Wildman–Crippen MR) is 68.6 cm³/mol. The third-order valence-electron chi connectivity index (χ3n) is 2.53. The first-order valence-electron chi connectivity index (χ1n) is 5.56. The number of hydrogen-bond donors (Lipinski definition) is 0. The molecule has 0 N–H and O–H groups in total. The van der Waals surface area contributed by atoms with Crippen LogP contribution in [0.2, 0.25) is 0 Å². The first-order valence-corrected chi connectivity index (χ1v) is 5.56. The molecule has 3 nitrogen and oxygen atoms in total. The van der Waals surface area contributed by atoms with Crippen LogP contribution in [0.25, 0.3) is 0 Å². The summed E-state index contributed by atoms with van der Waals surface area (Å²) in [5.74, 6) is 1.13. The Balaban J connectivity index is 2.08. The van der Waals surface area contributed by atoms with Gasteiger partial charge in [0.1, 0.15) is 18.1 Å². The van der Waals surface area contributed by atoms with E-state index in [1.807, 2.05) is 36.6 Å². The Hall–Kier alpha value is -2.29. The van der Waals surface area contributed by atoms with Crippen LogP contribution in [-0.4, -0.2) is 13.4 Å². The van der Waals surface area contributed by atoms with Crippen LogP contribution in [0.15, 0.2) is 48.5 Å². The first kappa shape index (κ1) is 12.2. The Morgan fingerprint density at radius 2 is 1.89 bits per heavy atom. The highest BCUT2D eigenvalue weighted by Gasteiger charge is 2.05. The normalized spacial score (nSPS) is 9.83. The van der Waals surface area contributed by atoms with E-state index in [1.54, 1.807) is 18.2 Å². The maximum atomic E-state index is 10.6. The topological polar surface area (TPSA) is 35.5 Å². The van der Waals surface area contributed by atoms with Crippen molar-refractivity contribution in [3.63, 3.8) is 0 Å². The van der Waals surface area contributed by atoms with Crippen LogP contribution in [0, 0.1) is 0 Å². The molecule has 0 amide bonds. The molecule has 0 bridgehead atoms. The summed E-state index contributed by atoms with van der Waals surface area (Å²) in [6.45, 7) is 0.480. The quantitative estimate of drug-likeness (QED) is 0.807. The molecule has 2 aromatic rings. The average molecular weight is 241 g/mol. The molecule has 0 aliphatic carbocycles. The lowest BCUT2D eigenvalue weighted by Crippen LogP contribution is -1.97. The van der Waals surface area contributed by atoms with Crippen molar-refractivity contribution in [3.05, 3.63) is 59.7 Å². The zero-order valence-electron chi connectivity index (χ0n) is 10.1. The van der Waals surface area contributed by atoms with Gasteiger partial charge in [0.25, 0.3) is 0 Å². The molecule has 0 spiro atoms. The molecule has 0 heterocycles. The summed E-state index contributed by atoms with van der Waals surface area (Å²) in [4.78, 5) is 10.6. The SMILES string of the molecule is COc1cc(OCc2ccccc2)ccc1[C]=O. The molecule has 18 heavy (non-hydrogen) atoms. The highest BCUT2D eigenvalue weighted by atomic mass is 16.5. The van der Waals surface area contributed by atoms with Crippen LogP contribution in [0.5, 0.6) is 11.5 Å². The molecule has 0 unspecified atom stereocenters. The van der Waals surface area contributed by atoms with Crippen molar-refractivity contribution in [1.82, 2.24) is 0 Å². The van der Waals surface area contributed by atoms with Gasteiger partial charge in [-0.05, 0) is 17.7 Å². The maximum absolute atomic E-state index is 10.6. The van der Waals surface area contributed by atoms with Gasteiger partial charge in [0.05, 0.1) is 12.7 Å². The predicted octanol–water partition coefficient (Wildman–Crippen LogP) is 2.73. The summed E-state index contributed by atoms with van der Waals surface area (Å²) in [6, 6.07) is 14.9. The van der Waals surface area contributed by atoms with Crippen molar-refractivity contribution in [2.24, 2.45) is 0 Å². The molecule has 2 rings (SSSR count). The fraction of sp³-hybridized carbons (Fsp3) is 0.133. The van der Waals surface area contributed by atoms with Crippen LogP contribution >= 0.6 is 0 Å². The van der Waals surface area contributed by atoms with Gasteiger partial charge in [-0.15, -0.1) is 0 Å². The number of hydrogen-bond acceptors (Lipinski definition) is 3. The van der Waals surface area contributed by atoms with Gasteiger partial charge in [0, 0.05) is 6.07 Å². The van der Waals surface area contributed by atoms with Crippen LogP contribution in [-0.2, 0) is 11.4 Å². The molecule has 1 radical (unpaired) electrons. The van der Waals surface area contributed by atoms with Gasteiger partial charge in [-0.3, -0.25) is 4.79 Å². The molecule has 91 valence electrons. The number of ether oxygens (including phenoxy) is 2. The molecule has 2 aromatic carbocycles. The monoisotopic (exact) mass is 241 g/mol. The number of benzene rings is 2. The Bertz CT molecular complexity index is 521. The number of rotatable bonds is 5. The molecule has 3 heteroatoms. The lowest BCUT2D eigenvalue weighted by Gasteiger charge is -2.09. The standard InChI is InChI=1S/C15H13O3/c1-17-15-9-14(8-7-13(15)10-16)18-11-12-5-3-2-4-6-12/h2-9H,11H2,1H3. The van der Waals surface area contributed by atoms with Crippen LogP contribution in [0.1, 0.15) is 11.1 Å². The molecule has 0 aromatic heterocycles. The van der Waals surface area contributed by atoms with Crippen LogP contribution < -0.4 is 9.47 Å². The van der Waals surface area contributed by atoms with Crippen molar-refractivity contribution >= 4 is 6.29 Å². The molecular formula is C15H13O3. The van der Waals surface area contributed by atoms with Crippen molar-refractivity contribution in [1.29, 1.82) is 0 Å². The molecular weight excluding hydrogens is 228 g/mol. The lowest BCUT2D eigenvalue weighted by molar-refractivity contribution is 0.303. The summed E-state index contributed by atoms with van der Waals surface area (Å²) >= 11 is 0. The van der Waals surface area contributed by atoms with E-state index in [1.165, 1.54) is 7.11 Å². The minimum Gasteiger partial charge on any atom is -0.496 e. The Labute approximate surface area is 106 Å². The van der Waals surface area contributed by atoms with E-state index in [9.17, 15) is 4.79 Å². The molecule has 0 fully saturated rings. The highest BCUT2D eigenvalue weighted by Crippen LogP contribution is 2.23. The highest BCUT2D eigenvalue weighted by molar-refractivity contribution is 5.80. The van der Waals surface area contributed by atoms with E-state index in [2.05, 4.69) is 0 Å². The fourth-order valence-electron chi connectivity index (χ4n) is 1.59. The lowest BCUT2D eigenvalue weighted by atomic mass is 10.2. The second-order valence-electron chi connectivity index (χ2n) is 3.74. The van der Waals surface area contributed by atoms with Crippen molar-refractivity contribution in [2.75, 3.05) is 7.11 Å². The Morgan fingerprint density at radius 3 is 2.56 bits per heavy atom. The number of methoxy groups -OCH3 is 1. The summed E-state index contributed by atoms with van der Waals surface area (Å²) in [5.41, 5.74) is 1.48. The summed E-state index contributed by atoms with van der Waals surface area (Å²) < 4.78 is 10.7. The smallest absolute Gasteiger partial charge is 0.237 e. The molecule has 0 aliphatic rings. The van der Waals surface area contributed by atoms with Crippen molar-refractivity contribution < 1.29 is 14.3 Å². The summed E-state index contributed by atoms with van der Waals surface area (Å²) in [6.07, 6.45) is 1.82. The van der Waals surface area contributed by atoms with Gasteiger partial charge < -0.3 is 9.47 Å². The van der Waals surface area contributed by atoms with Gasteiger partial charge >= 0.3 is 0 Å². The van der Waals surface area contributed by atoms with E-state index in [0.717, 1.165) is 5.56 Å². The van der Waals surface area contributed by atoms with Gasteiger partial charge in [-0.25, -0.2) is 0 Å². The Kier molecular flexibility index (Phi) is 3.97. The first-order chi connectivity index (χ1) is 8.83. The van der Waals surface area contributed by atoms with Crippen LogP contribution in [0.3, 0.4) is 0 Å². The van der Waals surface area contributed by atoms with E-state index in [-0.39, 0.29) is 0 Å². The average Bonchev–Trinajstić information content (AvgIpc) is 2.45. The van der Waals surface area contributed by atoms with Gasteiger partial charge in [-0.2, -0.15) is 0 Å². The second kappa shape index (κ2) is 5.87. The second-order valence-corrected chi connectivity index (χ2v) is 3.74. The molecule has 0 saturated carbocycles. The number of carbonyl (C=O) groups excluding carboxylic acids is 1. The fourth-order valence-corrected chi connectivity index (χ4v) is 1.59. The third kappa shape index (κ3) is 2.88. The minimum atomic E-state index is 0.393. The van der Waals surface area contributed by atoms with Gasteiger partial charge in [0.2, 0.25) is 6.29 Å². The maximum Gasteiger partial charge on any atom is 0.237 e. The van der Waals surface area contributed by atoms with Crippen LogP contribution in [0.4, 0.5) is 0 Å². The van der Waals surface area contributed by atoms with Gasteiger partial charge in [0.15, 0.2) is 0 Å². The zero-order valence-corrected chi connectivity index (χ0v) is 10.1. The van der Waals surface area contributed by atoms with Gasteiger partial charge in [-0.1, -0.05) is 30.3 Å². The van der Waals surface area contributed by atoms with Crippen molar-refractivity contribution in [2.45, 2.75) is 6.61 Å². The molecule has 0 atom stereocenters. The van der Waals surface area contributed by atoms with E-state index in [0.29, 0.717) is 23.7 Å². The summed E-state index contributed by atoms with van der Waals surface area (Å²) in [5, 5.41) is 0. The Morgan fingerprint density at radius 1 is 1.11 bits per heavy atom. The van der Waals surface area contributed by atoms with Crippen molar-refractivity contribution in [3.8, 4) is 11.5 Å². The zero-order chi connectivity index (χ0) is 12.8. The summed E-state index contributed by atoms with van der Waals surface area (Å²) in [7, 11) is 1.51. The molecule has 0 aliphatic heterocycles. The van der Waals surface area contributed by atoms with E-state index < -0.39 is 0 Å². The van der Waals surface area contributed by atoms with E-state index in [4.69, 9.17) is 9.47 Å². The molecule has 0 saturated heterocycles. The third-order valence-corrected chi connectivity index (χ3v) is 2.53.